The van der Waals surface area contributed by atoms with Gasteiger partial charge in [0.15, 0.2) is 0 Å². The van der Waals surface area contributed by atoms with Crippen LogP contribution in [0.25, 0.3) is 0 Å². The fourth-order valence-electron chi connectivity index (χ4n) is 4.16. The van der Waals surface area contributed by atoms with Gasteiger partial charge in [-0.25, -0.2) is 0 Å². The number of nitrogens with one attached hydrogen (secondary N) is 1. The van der Waals surface area contributed by atoms with Gasteiger partial charge in [-0.1, -0.05) is 18.6 Å². The van der Waals surface area contributed by atoms with Crippen LogP contribution < -0.4 is 10.2 Å². The van der Waals surface area contributed by atoms with Gasteiger partial charge < -0.3 is 15.1 Å². The zero-order valence-corrected chi connectivity index (χ0v) is 17.4. The van der Waals surface area contributed by atoms with Gasteiger partial charge in [0.25, 0.3) is 5.91 Å². The van der Waals surface area contributed by atoms with Gasteiger partial charge in [-0.2, -0.15) is 0 Å². The molecule has 0 atom stereocenters. The van der Waals surface area contributed by atoms with E-state index in [9.17, 15) is 4.79 Å². The van der Waals surface area contributed by atoms with Gasteiger partial charge in [-0.15, -0.1) is 0 Å². The maximum Gasteiger partial charge on any atom is 0.255 e. The molecule has 2 fully saturated rings. The molecule has 5 nitrogen and oxygen atoms in total. The van der Waals surface area contributed by atoms with E-state index in [4.69, 9.17) is 0 Å². The SMILES string of the molecule is CN1CCN(c2ccc(NC(=O)c3ccc(CN4CCCCC4)cc3)cc2)CC1. The van der Waals surface area contributed by atoms with Gasteiger partial charge in [0.1, 0.15) is 0 Å². The van der Waals surface area contributed by atoms with Gasteiger partial charge in [-0.3, -0.25) is 9.69 Å². The summed E-state index contributed by atoms with van der Waals surface area (Å²) in [5.41, 5.74) is 4.04. The van der Waals surface area contributed by atoms with Crippen LogP contribution in [0.4, 0.5) is 11.4 Å². The molecule has 4 rings (SSSR count). The lowest BCUT2D eigenvalue weighted by Crippen LogP contribution is -2.44. The number of benzene rings is 2. The Labute approximate surface area is 174 Å². The molecule has 0 radical (unpaired) electrons. The first-order chi connectivity index (χ1) is 14.2. The van der Waals surface area contributed by atoms with Gasteiger partial charge in [0.2, 0.25) is 0 Å². The second-order valence-electron chi connectivity index (χ2n) is 8.33. The fraction of sp³-hybridized carbons (Fsp3) is 0.458. The lowest BCUT2D eigenvalue weighted by atomic mass is 10.1. The minimum atomic E-state index is -0.0538. The Balaban J connectivity index is 1.31. The van der Waals surface area contributed by atoms with E-state index in [1.54, 1.807) is 0 Å². The lowest BCUT2D eigenvalue weighted by molar-refractivity contribution is 0.102. The summed E-state index contributed by atoms with van der Waals surface area (Å²) in [4.78, 5) is 19.8. The van der Waals surface area contributed by atoms with Crippen molar-refractivity contribution in [2.45, 2.75) is 25.8 Å². The zero-order chi connectivity index (χ0) is 20.1. The Kier molecular flexibility index (Phi) is 6.47. The number of likely N-dealkylation sites (N-methyl/N-ethyl adjacent to an activating group) is 1. The first kappa shape index (κ1) is 19.9. The summed E-state index contributed by atoms with van der Waals surface area (Å²) in [6.45, 7) is 7.63. The largest absolute Gasteiger partial charge is 0.369 e. The van der Waals surface area contributed by atoms with E-state index < -0.39 is 0 Å². The molecule has 1 amide bonds. The zero-order valence-electron chi connectivity index (χ0n) is 17.4. The monoisotopic (exact) mass is 392 g/mol. The smallest absolute Gasteiger partial charge is 0.255 e. The standard InChI is InChI=1S/C24H32N4O/c1-26-15-17-28(18-16-26)23-11-9-22(10-12-23)25-24(29)21-7-5-20(6-8-21)19-27-13-3-2-4-14-27/h5-12H,2-4,13-19H2,1H3,(H,25,29). The van der Waals surface area contributed by atoms with E-state index >= 15 is 0 Å². The Morgan fingerprint density at radius 1 is 0.828 bits per heavy atom. The Bertz CT molecular complexity index is 789. The number of hydrogen-bond donors (Lipinski definition) is 1. The van der Waals surface area contributed by atoms with Crippen LogP contribution in [-0.4, -0.2) is 62.0 Å². The highest BCUT2D eigenvalue weighted by Crippen LogP contribution is 2.20. The van der Waals surface area contributed by atoms with E-state index in [2.05, 4.69) is 51.3 Å². The molecule has 2 aliphatic heterocycles. The number of anilines is 2. The van der Waals surface area contributed by atoms with Crippen LogP contribution in [0.2, 0.25) is 0 Å². The second-order valence-corrected chi connectivity index (χ2v) is 8.33. The quantitative estimate of drug-likeness (QED) is 0.843. The van der Waals surface area contributed by atoms with Crippen LogP contribution in [-0.2, 0) is 6.54 Å². The maximum atomic E-state index is 12.6. The van der Waals surface area contributed by atoms with Gasteiger partial charge >= 0.3 is 0 Å². The van der Waals surface area contributed by atoms with E-state index in [0.717, 1.165) is 38.4 Å². The Morgan fingerprint density at radius 3 is 2.14 bits per heavy atom. The molecule has 2 aromatic rings. The molecule has 2 heterocycles. The molecule has 2 saturated heterocycles. The predicted octanol–water partition coefficient (Wildman–Crippen LogP) is 3.68. The number of likely N-dealkylation sites (tertiary alicyclic amines) is 1. The highest BCUT2D eigenvalue weighted by molar-refractivity contribution is 6.04. The number of rotatable bonds is 5. The number of carbonyl (C=O) groups is 1. The van der Waals surface area contributed by atoms with Gasteiger partial charge in [-0.05, 0) is 74.9 Å². The number of piperazine rings is 1. The van der Waals surface area contributed by atoms with Crippen LogP contribution in [0.15, 0.2) is 48.5 Å². The molecule has 0 bridgehead atoms. The molecular formula is C24H32N4O. The summed E-state index contributed by atoms with van der Waals surface area (Å²) in [6, 6.07) is 16.2. The molecule has 1 N–H and O–H groups in total. The highest BCUT2D eigenvalue weighted by atomic mass is 16.1. The summed E-state index contributed by atoms with van der Waals surface area (Å²) in [7, 11) is 2.16. The molecule has 0 spiro atoms. The molecule has 29 heavy (non-hydrogen) atoms. The number of piperidine rings is 1. The van der Waals surface area contributed by atoms with E-state index in [1.165, 1.54) is 43.6 Å². The topological polar surface area (TPSA) is 38.8 Å². The van der Waals surface area contributed by atoms with Gasteiger partial charge in [0, 0.05) is 49.7 Å². The lowest BCUT2D eigenvalue weighted by Gasteiger charge is -2.34. The third-order valence-corrected chi connectivity index (χ3v) is 6.06. The van der Waals surface area contributed by atoms with Crippen LogP contribution in [0.5, 0.6) is 0 Å². The minimum absolute atomic E-state index is 0.0538. The summed E-state index contributed by atoms with van der Waals surface area (Å²) in [5, 5.41) is 3.02. The van der Waals surface area contributed by atoms with Crippen molar-refractivity contribution in [1.82, 2.24) is 9.80 Å². The molecule has 0 aliphatic carbocycles. The molecular weight excluding hydrogens is 360 g/mol. The predicted molar refractivity (Wildman–Crippen MR) is 120 cm³/mol. The van der Waals surface area contributed by atoms with Gasteiger partial charge in [0.05, 0.1) is 0 Å². The fourth-order valence-corrected chi connectivity index (χ4v) is 4.16. The minimum Gasteiger partial charge on any atom is -0.369 e. The molecule has 154 valence electrons. The first-order valence-electron chi connectivity index (χ1n) is 10.8. The normalized spacial score (nSPS) is 18.6. The van der Waals surface area contributed by atoms with Crippen LogP contribution in [0.3, 0.4) is 0 Å². The van der Waals surface area contributed by atoms with Crippen LogP contribution in [0.1, 0.15) is 35.2 Å². The average Bonchev–Trinajstić information content (AvgIpc) is 2.76. The molecule has 0 aromatic heterocycles. The summed E-state index contributed by atoms with van der Waals surface area (Å²) in [6.07, 6.45) is 3.95. The van der Waals surface area contributed by atoms with Crippen molar-refractivity contribution in [3.05, 3.63) is 59.7 Å². The molecule has 2 aromatic carbocycles. The Hall–Kier alpha value is -2.37. The van der Waals surface area contributed by atoms with Crippen molar-refractivity contribution in [3.63, 3.8) is 0 Å². The van der Waals surface area contributed by atoms with E-state index in [0.29, 0.717) is 5.56 Å². The van der Waals surface area contributed by atoms with Crippen LogP contribution >= 0.6 is 0 Å². The third-order valence-electron chi connectivity index (χ3n) is 6.06. The third kappa shape index (κ3) is 5.37. The second kappa shape index (κ2) is 9.42. The van der Waals surface area contributed by atoms with Crippen molar-refractivity contribution in [1.29, 1.82) is 0 Å². The number of amides is 1. The summed E-state index contributed by atoms with van der Waals surface area (Å²) < 4.78 is 0. The number of carbonyl (C=O) groups excluding carboxylic acids is 1. The van der Waals surface area contributed by atoms with E-state index in [-0.39, 0.29) is 5.91 Å². The van der Waals surface area contributed by atoms with Crippen molar-refractivity contribution in [3.8, 4) is 0 Å². The van der Waals surface area contributed by atoms with Crippen molar-refractivity contribution in [2.24, 2.45) is 0 Å². The molecule has 5 heteroatoms. The number of nitrogens with zero attached hydrogens (tertiary/aromatic N) is 3. The summed E-state index contributed by atoms with van der Waals surface area (Å²) >= 11 is 0. The maximum absolute atomic E-state index is 12.6. The van der Waals surface area contributed by atoms with Crippen LogP contribution in [0, 0.1) is 0 Å². The molecule has 0 saturated carbocycles. The van der Waals surface area contributed by atoms with E-state index in [1.807, 2.05) is 24.3 Å². The summed E-state index contributed by atoms with van der Waals surface area (Å²) in [5.74, 6) is -0.0538. The van der Waals surface area contributed by atoms with Crippen molar-refractivity contribution < 1.29 is 4.79 Å². The number of hydrogen-bond acceptors (Lipinski definition) is 4. The van der Waals surface area contributed by atoms with Crippen molar-refractivity contribution >= 4 is 17.3 Å². The molecule has 2 aliphatic rings. The highest BCUT2D eigenvalue weighted by Gasteiger charge is 2.15. The van der Waals surface area contributed by atoms with Crippen molar-refractivity contribution in [2.75, 3.05) is 56.5 Å². The molecule has 0 unspecified atom stereocenters. The Morgan fingerprint density at radius 2 is 1.48 bits per heavy atom. The first-order valence-corrected chi connectivity index (χ1v) is 10.8. The average molecular weight is 393 g/mol.